The molecule has 0 N–H and O–H groups in total. The lowest BCUT2D eigenvalue weighted by molar-refractivity contribution is -0.447. The van der Waals surface area contributed by atoms with Crippen LogP contribution in [0.4, 0.5) is 30.7 Å². The van der Waals surface area contributed by atoms with Gasteiger partial charge in [-0.25, -0.2) is 4.39 Å². The van der Waals surface area contributed by atoms with Crippen LogP contribution >= 0.6 is 11.6 Å². The van der Waals surface area contributed by atoms with E-state index in [1.807, 2.05) is 0 Å². The molecule has 0 spiro atoms. The highest BCUT2D eigenvalue weighted by Crippen LogP contribution is 2.52. The molecule has 0 aliphatic carbocycles. The fourth-order valence-corrected chi connectivity index (χ4v) is 1.06. The van der Waals surface area contributed by atoms with E-state index in [1.165, 1.54) is 0 Å². The first-order valence-corrected chi connectivity index (χ1v) is 3.72. The van der Waals surface area contributed by atoms with Crippen LogP contribution in [0.2, 0.25) is 0 Å². The minimum absolute atomic E-state index is 2.46. The predicted molar refractivity (Wildman–Crippen MR) is 31.5 cm³/mol. The van der Waals surface area contributed by atoms with Crippen LogP contribution in [0, 0.1) is 0 Å². The molecule has 0 saturated carbocycles. The highest BCUT2D eigenvalue weighted by Gasteiger charge is 2.79. The summed E-state index contributed by atoms with van der Waals surface area (Å²) in [5.74, 6) is -4.99. The first-order valence-electron chi connectivity index (χ1n) is 3.28. The molecule has 2 atom stereocenters. The molecular formula is C5H2ClF7O2. The minimum atomic E-state index is -5.97. The van der Waals surface area contributed by atoms with E-state index in [1.54, 1.807) is 0 Å². The monoisotopic (exact) mass is 262 g/mol. The van der Waals surface area contributed by atoms with Crippen molar-refractivity contribution < 1.29 is 40.2 Å². The first kappa shape index (κ1) is 12.8. The van der Waals surface area contributed by atoms with Gasteiger partial charge < -0.3 is 4.74 Å². The van der Waals surface area contributed by atoms with Gasteiger partial charge in [0.15, 0.2) is 5.56 Å². The summed E-state index contributed by atoms with van der Waals surface area (Å²) in [6.45, 7) is 0. The van der Waals surface area contributed by atoms with Crippen LogP contribution in [0.15, 0.2) is 0 Å². The summed E-state index contributed by atoms with van der Waals surface area (Å²) in [5.41, 5.74) is -2.46. The molecule has 0 bridgehead atoms. The molecule has 1 fully saturated rings. The van der Waals surface area contributed by atoms with E-state index in [2.05, 4.69) is 9.47 Å². The molecule has 2 unspecified atom stereocenters. The number of rotatable bonds is 0. The highest BCUT2D eigenvalue weighted by molar-refractivity contribution is 6.20. The lowest BCUT2D eigenvalue weighted by Gasteiger charge is -2.30. The van der Waals surface area contributed by atoms with E-state index < -0.39 is 30.1 Å². The number of alkyl halides is 8. The summed E-state index contributed by atoms with van der Waals surface area (Å²) in [4.78, 5) is 0. The van der Waals surface area contributed by atoms with Gasteiger partial charge in [0.25, 0.3) is 0 Å². The normalized spacial score (nSPS) is 32.0. The summed E-state index contributed by atoms with van der Waals surface area (Å²) in [7, 11) is 0. The van der Waals surface area contributed by atoms with Gasteiger partial charge in [-0.1, -0.05) is 11.6 Å². The van der Waals surface area contributed by atoms with Crippen LogP contribution in [0.3, 0.4) is 0 Å². The Morgan fingerprint density at radius 1 is 0.933 bits per heavy atom. The average Bonchev–Trinajstić information content (AvgIpc) is 2.26. The molecular weight excluding hydrogens is 260 g/mol. The minimum Gasteiger partial charge on any atom is -0.310 e. The third-order valence-electron chi connectivity index (χ3n) is 1.51. The van der Waals surface area contributed by atoms with Crippen molar-refractivity contribution in [1.82, 2.24) is 0 Å². The van der Waals surface area contributed by atoms with E-state index >= 15 is 0 Å². The van der Waals surface area contributed by atoms with Crippen LogP contribution in [-0.4, -0.2) is 30.1 Å². The molecule has 1 saturated heterocycles. The van der Waals surface area contributed by atoms with Crippen LogP contribution in [0.1, 0.15) is 0 Å². The van der Waals surface area contributed by atoms with Gasteiger partial charge in [0.2, 0.25) is 6.36 Å². The van der Waals surface area contributed by atoms with Gasteiger partial charge in [0, 0.05) is 0 Å². The lowest BCUT2D eigenvalue weighted by Crippen LogP contribution is -2.58. The number of hydrogen-bond acceptors (Lipinski definition) is 2. The maximum atomic E-state index is 12.4. The molecule has 2 nitrogen and oxygen atoms in total. The van der Waals surface area contributed by atoms with Crippen LogP contribution < -0.4 is 0 Å². The van der Waals surface area contributed by atoms with E-state index in [0.29, 0.717) is 0 Å². The van der Waals surface area contributed by atoms with Gasteiger partial charge in [-0.05, 0) is 0 Å². The van der Waals surface area contributed by atoms with E-state index in [9.17, 15) is 30.7 Å². The SMILES string of the molecule is FC1OC(C(F)(F)F)(C(F)(F)F)OC1Cl. The molecule has 1 rings (SSSR count). The summed E-state index contributed by atoms with van der Waals surface area (Å²) >= 11 is 4.74. The third-order valence-corrected chi connectivity index (χ3v) is 1.80. The Labute approximate surface area is 82.9 Å². The second kappa shape index (κ2) is 3.36. The van der Waals surface area contributed by atoms with Crippen LogP contribution in [0.5, 0.6) is 0 Å². The molecule has 0 aromatic rings. The molecule has 0 aromatic carbocycles. The first-order chi connectivity index (χ1) is 6.51. The molecule has 0 aromatic heterocycles. The Bertz CT molecular complexity index is 223. The number of ether oxygens (including phenoxy) is 2. The van der Waals surface area contributed by atoms with Gasteiger partial charge in [-0.15, -0.1) is 0 Å². The van der Waals surface area contributed by atoms with Crippen molar-refractivity contribution >= 4 is 11.6 Å². The molecule has 90 valence electrons. The molecule has 1 aliphatic heterocycles. The maximum Gasteiger partial charge on any atom is 0.453 e. The van der Waals surface area contributed by atoms with Crippen molar-refractivity contribution in [3.8, 4) is 0 Å². The fourth-order valence-electron chi connectivity index (χ4n) is 0.880. The fraction of sp³-hybridized carbons (Fsp3) is 1.00. The molecule has 0 radical (unpaired) electrons. The molecule has 15 heavy (non-hydrogen) atoms. The molecule has 0 amide bonds. The van der Waals surface area contributed by atoms with Gasteiger partial charge in [0.05, 0.1) is 0 Å². The second-order valence-corrected chi connectivity index (χ2v) is 2.98. The standard InChI is InChI=1S/C5H2ClF7O2/c6-1-2(7)15-3(14-1,4(8,9)10)5(11,12)13/h1-2H. The Balaban J connectivity index is 3.12. The van der Waals surface area contributed by atoms with Crippen molar-refractivity contribution in [2.24, 2.45) is 0 Å². The lowest BCUT2D eigenvalue weighted by atomic mass is 10.2. The van der Waals surface area contributed by atoms with Crippen LogP contribution in [0.25, 0.3) is 0 Å². The Morgan fingerprint density at radius 3 is 1.47 bits per heavy atom. The quantitative estimate of drug-likeness (QED) is 0.494. The maximum absolute atomic E-state index is 12.4. The zero-order valence-corrected chi connectivity index (χ0v) is 7.25. The van der Waals surface area contributed by atoms with Crippen molar-refractivity contribution in [1.29, 1.82) is 0 Å². The molecule has 10 heteroatoms. The molecule has 1 heterocycles. The van der Waals surface area contributed by atoms with Crippen molar-refractivity contribution in [3.63, 3.8) is 0 Å². The third kappa shape index (κ3) is 1.87. The summed E-state index contributed by atoms with van der Waals surface area (Å²) in [6, 6.07) is 0. The van der Waals surface area contributed by atoms with E-state index in [-0.39, 0.29) is 0 Å². The smallest absolute Gasteiger partial charge is 0.310 e. The number of hydrogen-bond donors (Lipinski definition) is 0. The van der Waals surface area contributed by atoms with Gasteiger partial charge in [0.1, 0.15) is 0 Å². The largest absolute Gasteiger partial charge is 0.453 e. The van der Waals surface area contributed by atoms with Crippen molar-refractivity contribution in [3.05, 3.63) is 0 Å². The predicted octanol–water partition coefficient (Wildman–Crippen LogP) is 2.71. The molecule has 1 aliphatic rings. The highest BCUT2D eigenvalue weighted by atomic mass is 35.5. The van der Waals surface area contributed by atoms with Gasteiger partial charge in [-0.3, -0.25) is 4.74 Å². The van der Waals surface area contributed by atoms with E-state index in [4.69, 9.17) is 11.6 Å². The Morgan fingerprint density at radius 2 is 1.33 bits per heavy atom. The van der Waals surface area contributed by atoms with Crippen LogP contribution in [-0.2, 0) is 9.47 Å². The van der Waals surface area contributed by atoms with Crippen molar-refractivity contribution in [2.45, 2.75) is 30.1 Å². The Kier molecular flexibility index (Phi) is 2.86. The topological polar surface area (TPSA) is 18.5 Å². The van der Waals surface area contributed by atoms with Crippen molar-refractivity contribution in [2.75, 3.05) is 0 Å². The number of halogens is 8. The summed E-state index contributed by atoms with van der Waals surface area (Å²) < 4.78 is 91.2. The second-order valence-electron chi connectivity index (χ2n) is 2.55. The summed E-state index contributed by atoms with van der Waals surface area (Å²) in [5, 5.41) is 0. The summed E-state index contributed by atoms with van der Waals surface area (Å²) in [6.07, 6.45) is -15.0. The Hall–Kier alpha value is -0.280. The van der Waals surface area contributed by atoms with Gasteiger partial charge >= 0.3 is 18.1 Å². The average molecular weight is 263 g/mol. The zero-order chi connectivity index (χ0) is 12.1. The zero-order valence-electron chi connectivity index (χ0n) is 6.49. The van der Waals surface area contributed by atoms with Gasteiger partial charge in [-0.2, -0.15) is 26.3 Å². The van der Waals surface area contributed by atoms with E-state index in [0.717, 1.165) is 0 Å².